The second kappa shape index (κ2) is 14.7. The summed E-state index contributed by atoms with van der Waals surface area (Å²) in [5, 5.41) is 22.0. The molecule has 0 saturated carbocycles. The molecule has 1 aromatic carbocycles. The van der Waals surface area contributed by atoms with Crippen molar-refractivity contribution in [3.63, 3.8) is 0 Å². The van der Waals surface area contributed by atoms with Gasteiger partial charge in [-0.1, -0.05) is 38.5 Å². The Bertz CT molecular complexity index is 1020. The van der Waals surface area contributed by atoms with Crippen molar-refractivity contribution in [2.75, 3.05) is 25.0 Å². The molecule has 1 aliphatic rings. The van der Waals surface area contributed by atoms with Crippen molar-refractivity contribution in [2.45, 2.75) is 70.8 Å². The van der Waals surface area contributed by atoms with Crippen LogP contribution in [0.2, 0.25) is 0 Å². The van der Waals surface area contributed by atoms with Gasteiger partial charge < -0.3 is 15.3 Å². The second-order valence-corrected chi connectivity index (χ2v) is 10.5. The number of carboxylic acid groups (broad SMARTS) is 1. The molecule has 0 bridgehead atoms. The first-order valence-electron chi connectivity index (χ1n) is 12.3. The third-order valence-corrected chi connectivity index (χ3v) is 7.21. The summed E-state index contributed by atoms with van der Waals surface area (Å²) >= 11 is 1.34. The number of aromatic nitrogens is 2. The summed E-state index contributed by atoms with van der Waals surface area (Å²) in [5.74, 6) is -2.38. The molecule has 1 fully saturated rings. The SMILES string of the molecule is CCCC(NC(=O)Cc1cc(F)cc(F)c1)C(=O)Nc1nnc(C(C)(C)CCN2CCCC2)s1.O=CO. The minimum atomic E-state index is -0.786. The van der Waals surface area contributed by atoms with Crippen LogP contribution in [0.5, 0.6) is 0 Å². The lowest BCUT2D eigenvalue weighted by atomic mass is 9.90. The molecule has 37 heavy (non-hydrogen) atoms. The number of hydrogen-bond acceptors (Lipinski definition) is 7. The summed E-state index contributed by atoms with van der Waals surface area (Å²) < 4.78 is 26.8. The lowest BCUT2D eigenvalue weighted by Gasteiger charge is -2.24. The van der Waals surface area contributed by atoms with Gasteiger partial charge in [-0.25, -0.2) is 8.78 Å². The Kier molecular flexibility index (Phi) is 12.0. The van der Waals surface area contributed by atoms with Crippen molar-refractivity contribution >= 4 is 34.8 Å². The molecule has 0 radical (unpaired) electrons. The number of nitrogens with zero attached hydrogens (tertiary/aromatic N) is 3. The Morgan fingerprint density at radius 1 is 1.19 bits per heavy atom. The Morgan fingerprint density at radius 3 is 2.41 bits per heavy atom. The van der Waals surface area contributed by atoms with Crippen LogP contribution in [-0.2, 0) is 26.2 Å². The van der Waals surface area contributed by atoms with E-state index in [9.17, 15) is 18.4 Å². The van der Waals surface area contributed by atoms with E-state index in [1.807, 2.05) is 6.92 Å². The van der Waals surface area contributed by atoms with Crippen molar-refractivity contribution in [1.82, 2.24) is 20.4 Å². The third-order valence-electron chi connectivity index (χ3n) is 6.00. The van der Waals surface area contributed by atoms with Crippen LogP contribution in [0.15, 0.2) is 18.2 Å². The summed E-state index contributed by atoms with van der Waals surface area (Å²) in [6.45, 7) is 9.21. The number of anilines is 1. The van der Waals surface area contributed by atoms with E-state index in [0.29, 0.717) is 18.0 Å². The van der Waals surface area contributed by atoms with E-state index in [-0.39, 0.29) is 23.9 Å². The van der Waals surface area contributed by atoms with Crippen LogP contribution in [-0.4, -0.2) is 64.2 Å². The fourth-order valence-corrected chi connectivity index (χ4v) is 4.87. The molecule has 1 saturated heterocycles. The van der Waals surface area contributed by atoms with Crippen LogP contribution in [0.1, 0.15) is 63.4 Å². The largest absolute Gasteiger partial charge is 0.483 e. The number of nitrogens with one attached hydrogen (secondary N) is 2. The van der Waals surface area contributed by atoms with E-state index in [0.717, 1.165) is 49.3 Å². The molecule has 12 heteroatoms. The fraction of sp³-hybridized carbons (Fsp3) is 0.560. The van der Waals surface area contributed by atoms with Crippen LogP contribution in [0.3, 0.4) is 0 Å². The summed E-state index contributed by atoms with van der Waals surface area (Å²) in [4.78, 5) is 36.1. The van der Waals surface area contributed by atoms with Gasteiger partial charge in [0.2, 0.25) is 16.9 Å². The monoisotopic (exact) mass is 539 g/mol. The number of likely N-dealkylation sites (tertiary alicyclic amines) is 1. The summed E-state index contributed by atoms with van der Waals surface area (Å²) in [7, 11) is 0. The number of amides is 2. The van der Waals surface area contributed by atoms with Crippen LogP contribution in [0, 0.1) is 11.6 Å². The van der Waals surface area contributed by atoms with E-state index in [1.165, 1.54) is 24.2 Å². The van der Waals surface area contributed by atoms with Gasteiger partial charge in [0.1, 0.15) is 22.7 Å². The van der Waals surface area contributed by atoms with Crippen molar-refractivity contribution in [3.05, 3.63) is 40.4 Å². The lowest BCUT2D eigenvalue weighted by molar-refractivity contribution is -0.126. The van der Waals surface area contributed by atoms with E-state index in [4.69, 9.17) is 9.90 Å². The Labute approximate surface area is 219 Å². The maximum absolute atomic E-state index is 13.4. The van der Waals surface area contributed by atoms with E-state index < -0.39 is 29.5 Å². The Balaban J connectivity index is 0.00000153. The average Bonchev–Trinajstić information content (AvgIpc) is 3.50. The van der Waals surface area contributed by atoms with Crippen LogP contribution in [0.25, 0.3) is 0 Å². The molecular formula is C25H35F2N5O4S. The highest BCUT2D eigenvalue weighted by Crippen LogP contribution is 2.32. The topological polar surface area (TPSA) is 125 Å². The predicted octanol–water partition coefficient (Wildman–Crippen LogP) is 3.75. The lowest BCUT2D eigenvalue weighted by Crippen LogP contribution is -2.44. The van der Waals surface area contributed by atoms with Gasteiger partial charge in [-0.2, -0.15) is 0 Å². The normalized spacial score (nSPS) is 14.4. The first-order chi connectivity index (χ1) is 17.6. The van der Waals surface area contributed by atoms with Gasteiger partial charge in [-0.05, 0) is 63.0 Å². The molecular weight excluding hydrogens is 504 g/mol. The van der Waals surface area contributed by atoms with Crippen molar-refractivity contribution in [1.29, 1.82) is 0 Å². The highest BCUT2D eigenvalue weighted by atomic mass is 32.1. The molecule has 2 aromatic rings. The zero-order valence-corrected chi connectivity index (χ0v) is 22.2. The van der Waals surface area contributed by atoms with Gasteiger partial charge in [-0.15, -0.1) is 10.2 Å². The number of carbonyl (C=O) groups excluding carboxylic acids is 2. The molecule has 2 amide bonds. The number of halogens is 2. The zero-order valence-electron chi connectivity index (χ0n) is 21.4. The van der Waals surface area contributed by atoms with Gasteiger partial charge in [-0.3, -0.25) is 19.7 Å². The summed E-state index contributed by atoms with van der Waals surface area (Å²) in [5.41, 5.74) is 0.0381. The number of benzene rings is 1. The molecule has 9 nitrogen and oxygen atoms in total. The van der Waals surface area contributed by atoms with Crippen molar-refractivity contribution in [2.24, 2.45) is 0 Å². The quantitative estimate of drug-likeness (QED) is 0.372. The van der Waals surface area contributed by atoms with Gasteiger partial charge >= 0.3 is 0 Å². The number of rotatable bonds is 11. The maximum atomic E-state index is 13.4. The molecule has 3 N–H and O–H groups in total. The average molecular weight is 540 g/mol. The molecule has 204 valence electrons. The smallest absolute Gasteiger partial charge is 0.290 e. The Morgan fingerprint density at radius 2 is 1.81 bits per heavy atom. The molecule has 2 heterocycles. The van der Waals surface area contributed by atoms with Gasteiger partial charge in [0.15, 0.2) is 0 Å². The molecule has 1 unspecified atom stereocenters. The van der Waals surface area contributed by atoms with Crippen LogP contribution < -0.4 is 10.6 Å². The highest BCUT2D eigenvalue weighted by molar-refractivity contribution is 7.15. The van der Waals surface area contributed by atoms with E-state index in [1.54, 1.807) is 0 Å². The number of carbonyl (C=O) groups is 3. The van der Waals surface area contributed by atoms with E-state index >= 15 is 0 Å². The van der Waals surface area contributed by atoms with E-state index in [2.05, 4.69) is 39.6 Å². The molecule has 0 aliphatic carbocycles. The summed E-state index contributed by atoms with van der Waals surface area (Å²) in [6.07, 6.45) is 4.31. The third kappa shape index (κ3) is 10.1. The molecule has 1 aromatic heterocycles. The van der Waals surface area contributed by atoms with Crippen LogP contribution >= 0.6 is 11.3 Å². The van der Waals surface area contributed by atoms with Crippen molar-refractivity contribution in [3.8, 4) is 0 Å². The fourth-order valence-electron chi connectivity index (χ4n) is 3.99. The second-order valence-electron chi connectivity index (χ2n) is 9.55. The highest BCUT2D eigenvalue weighted by Gasteiger charge is 2.28. The van der Waals surface area contributed by atoms with Crippen molar-refractivity contribution < 1.29 is 28.3 Å². The Hall–Kier alpha value is -2.99. The first kappa shape index (κ1) is 30.2. The molecule has 3 rings (SSSR count). The minimum absolute atomic E-state index is 0.166. The van der Waals surface area contributed by atoms with Gasteiger partial charge in [0.25, 0.3) is 6.47 Å². The molecule has 1 aliphatic heterocycles. The van der Waals surface area contributed by atoms with Gasteiger partial charge in [0.05, 0.1) is 6.42 Å². The maximum Gasteiger partial charge on any atom is 0.290 e. The zero-order chi connectivity index (χ0) is 27.4. The van der Waals surface area contributed by atoms with Crippen LogP contribution in [0.4, 0.5) is 13.9 Å². The van der Waals surface area contributed by atoms with Gasteiger partial charge in [0, 0.05) is 11.5 Å². The standard InChI is InChI=1S/C24H33F2N5O2S.CH2O2/c1-4-7-19(27-20(32)14-16-12-17(25)15-18(26)13-16)21(33)28-23-30-29-22(34-23)24(2,3)8-11-31-9-5-6-10-31;2-1-3/h12-13,15,19H,4-11,14H2,1-3H3,(H,27,32)(H,28,30,33);1H,(H,2,3). The predicted molar refractivity (Wildman–Crippen MR) is 137 cm³/mol. The first-order valence-corrected chi connectivity index (χ1v) is 13.1. The molecule has 1 atom stereocenters. The minimum Gasteiger partial charge on any atom is -0.483 e. The summed E-state index contributed by atoms with van der Waals surface area (Å²) in [6, 6.07) is 2.17. The molecule has 0 spiro atoms. The number of hydrogen-bond donors (Lipinski definition) is 3.